The highest BCUT2D eigenvalue weighted by Gasteiger charge is 2.45. The van der Waals surface area contributed by atoms with Crippen LogP contribution in [0.1, 0.15) is 46.5 Å². The minimum Gasteiger partial charge on any atom is -0.489 e. The van der Waals surface area contributed by atoms with Gasteiger partial charge in [-0.1, -0.05) is 39.1 Å². The Balaban J connectivity index is 1.42. The predicted molar refractivity (Wildman–Crippen MR) is 157 cm³/mol. The minimum absolute atomic E-state index is 0.0455. The molecule has 1 amide bonds. The van der Waals surface area contributed by atoms with E-state index in [0.29, 0.717) is 53.0 Å². The van der Waals surface area contributed by atoms with E-state index in [-0.39, 0.29) is 40.0 Å². The molecule has 12 heteroatoms. The molecule has 2 saturated heterocycles. The highest BCUT2D eigenvalue weighted by molar-refractivity contribution is 9.09. The van der Waals surface area contributed by atoms with E-state index in [2.05, 4.69) is 31.2 Å². The summed E-state index contributed by atoms with van der Waals surface area (Å²) in [6.45, 7) is 6.05. The number of piperidine rings is 1. The fourth-order valence-electron chi connectivity index (χ4n) is 5.28. The lowest BCUT2D eigenvalue weighted by atomic mass is 10.00. The van der Waals surface area contributed by atoms with Gasteiger partial charge in [0.15, 0.2) is 17.3 Å². The molecule has 2 fully saturated rings. The Morgan fingerprint density at radius 2 is 1.88 bits per heavy atom. The van der Waals surface area contributed by atoms with Crippen LogP contribution in [0.4, 0.5) is 20.7 Å². The van der Waals surface area contributed by atoms with Crippen LogP contribution in [-0.2, 0) is 4.74 Å². The molecule has 2 aliphatic heterocycles. The first-order valence-electron chi connectivity index (χ1n) is 13.1. The van der Waals surface area contributed by atoms with Crippen LogP contribution in [0.15, 0.2) is 30.6 Å². The van der Waals surface area contributed by atoms with Gasteiger partial charge in [-0.05, 0) is 51.8 Å². The number of aromatic nitrogens is 2. The number of benzene rings is 2. The highest BCUT2D eigenvalue weighted by Crippen LogP contribution is 2.42. The first-order valence-corrected chi connectivity index (χ1v) is 15.0. The third-order valence-corrected chi connectivity index (χ3v) is 8.02. The summed E-state index contributed by atoms with van der Waals surface area (Å²) in [7, 11) is 0. The second-order valence-corrected chi connectivity index (χ2v) is 12.5. The number of carbonyl (C=O) groups is 1. The molecule has 3 heterocycles. The number of carbonyl (C=O) groups excluding carboxylic acids is 1. The molecule has 1 aromatic heterocycles. The van der Waals surface area contributed by atoms with Crippen molar-refractivity contribution in [3.05, 3.63) is 46.5 Å². The van der Waals surface area contributed by atoms with Crippen molar-refractivity contribution in [1.82, 2.24) is 14.9 Å². The highest BCUT2D eigenvalue weighted by atomic mass is 79.9. The summed E-state index contributed by atoms with van der Waals surface area (Å²) in [5.74, 6) is 0.760. The SMILES string of the molecule is CC(C)(C)OC(=O)N1[C@@H]2CC[C@H]1CC(Oc1cc3c(Nc4ccc(Cl)c(Cl)c4F)ncnc3cc1OCCBr)C2. The second kappa shape index (κ2) is 11.7. The summed E-state index contributed by atoms with van der Waals surface area (Å²) in [5.41, 5.74) is 0.169. The number of hydrogen-bond donors (Lipinski definition) is 1. The zero-order chi connectivity index (χ0) is 28.6. The van der Waals surface area contributed by atoms with Crippen molar-refractivity contribution in [1.29, 1.82) is 0 Å². The third kappa shape index (κ3) is 6.19. The molecular weight excluding hydrogens is 626 g/mol. The molecule has 0 saturated carbocycles. The van der Waals surface area contributed by atoms with Gasteiger partial charge in [-0.15, -0.1) is 0 Å². The van der Waals surface area contributed by atoms with E-state index in [1.807, 2.05) is 25.7 Å². The maximum absolute atomic E-state index is 14.8. The van der Waals surface area contributed by atoms with Gasteiger partial charge in [0.1, 0.15) is 23.9 Å². The van der Waals surface area contributed by atoms with E-state index in [1.54, 1.807) is 12.1 Å². The van der Waals surface area contributed by atoms with Gasteiger partial charge < -0.3 is 24.4 Å². The molecule has 214 valence electrons. The number of hydrogen-bond acceptors (Lipinski definition) is 7. The molecular formula is C28H30BrCl2FN4O4. The molecule has 0 spiro atoms. The molecule has 3 atom stereocenters. The molecule has 2 aliphatic rings. The lowest BCUT2D eigenvalue weighted by molar-refractivity contribution is -0.00740. The monoisotopic (exact) mass is 654 g/mol. The summed E-state index contributed by atoms with van der Waals surface area (Å²) < 4.78 is 33.0. The standard InChI is InChI=1S/C28H30BrCl2FN4O4/c1-28(2,3)40-27(37)36-15-4-5-16(36)11-17(10-15)39-23-12-18-21(13-22(23)38-9-8-29)33-14-34-26(18)35-20-7-6-19(30)24(31)25(20)32/h6-7,12-17H,4-5,8-11H2,1-3H3,(H,33,34,35)/t15-,16+,17?. The zero-order valence-corrected chi connectivity index (χ0v) is 25.4. The normalized spacial score (nSPS) is 20.5. The summed E-state index contributed by atoms with van der Waals surface area (Å²) >= 11 is 15.4. The molecule has 2 bridgehead atoms. The number of nitrogens with one attached hydrogen (secondary N) is 1. The molecule has 3 aromatic rings. The summed E-state index contributed by atoms with van der Waals surface area (Å²) in [4.78, 5) is 23.5. The van der Waals surface area contributed by atoms with Gasteiger partial charge in [-0.3, -0.25) is 0 Å². The Labute approximate surface area is 250 Å². The molecule has 0 radical (unpaired) electrons. The Morgan fingerprint density at radius 1 is 1.15 bits per heavy atom. The molecule has 8 nitrogen and oxygen atoms in total. The molecule has 0 aliphatic carbocycles. The van der Waals surface area contributed by atoms with Gasteiger partial charge in [-0.2, -0.15) is 0 Å². The number of alkyl halides is 1. The Morgan fingerprint density at radius 3 is 2.55 bits per heavy atom. The number of anilines is 2. The van der Waals surface area contributed by atoms with E-state index >= 15 is 0 Å². The average Bonchev–Trinajstić information content (AvgIpc) is 3.17. The van der Waals surface area contributed by atoms with Crippen molar-refractivity contribution < 1.29 is 23.4 Å². The third-order valence-electron chi connectivity index (χ3n) is 6.91. The van der Waals surface area contributed by atoms with E-state index in [9.17, 15) is 9.18 Å². The van der Waals surface area contributed by atoms with Crippen LogP contribution in [-0.4, -0.2) is 56.7 Å². The zero-order valence-electron chi connectivity index (χ0n) is 22.3. The molecule has 2 aromatic carbocycles. The fourth-order valence-corrected chi connectivity index (χ4v) is 5.76. The predicted octanol–water partition coefficient (Wildman–Crippen LogP) is 7.90. The van der Waals surface area contributed by atoms with E-state index in [0.717, 1.165) is 12.8 Å². The van der Waals surface area contributed by atoms with Gasteiger partial charge >= 0.3 is 6.09 Å². The first-order chi connectivity index (χ1) is 19.0. The Kier molecular flexibility index (Phi) is 8.50. The first kappa shape index (κ1) is 29.0. The van der Waals surface area contributed by atoms with Gasteiger partial charge in [0.2, 0.25) is 0 Å². The second-order valence-electron chi connectivity index (χ2n) is 10.9. The molecule has 40 heavy (non-hydrogen) atoms. The van der Waals surface area contributed by atoms with Crippen LogP contribution in [0.5, 0.6) is 11.5 Å². The largest absolute Gasteiger partial charge is 0.489 e. The van der Waals surface area contributed by atoms with Crippen molar-refractivity contribution in [3.8, 4) is 11.5 Å². The number of amides is 1. The average molecular weight is 656 g/mol. The molecule has 1 unspecified atom stereocenters. The van der Waals surface area contributed by atoms with Crippen LogP contribution in [0, 0.1) is 5.82 Å². The number of ether oxygens (including phenoxy) is 3. The van der Waals surface area contributed by atoms with Gasteiger partial charge in [0, 0.05) is 41.7 Å². The molecule has 5 rings (SSSR count). The topological polar surface area (TPSA) is 85.8 Å². The van der Waals surface area contributed by atoms with Crippen molar-refractivity contribution in [2.45, 2.75) is 70.2 Å². The van der Waals surface area contributed by atoms with E-state index in [4.69, 9.17) is 37.4 Å². The van der Waals surface area contributed by atoms with Gasteiger partial charge in [0.05, 0.1) is 27.9 Å². The number of halogens is 4. The van der Waals surface area contributed by atoms with Gasteiger partial charge in [-0.25, -0.2) is 19.2 Å². The van der Waals surface area contributed by atoms with E-state index < -0.39 is 11.4 Å². The number of fused-ring (bicyclic) bond motifs is 3. The Hall–Kier alpha value is -2.56. The number of nitrogens with zero attached hydrogens (tertiary/aromatic N) is 3. The van der Waals surface area contributed by atoms with Crippen LogP contribution in [0.2, 0.25) is 10.0 Å². The summed E-state index contributed by atoms with van der Waals surface area (Å²) in [5, 5.41) is 4.20. The van der Waals surface area contributed by atoms with Crippen LogP contribution in [0.25, 0.3) is 10.9 Å². The maximum Gasteiger partial charge on any atom is 0.410 e. The van der Waals surface area contributed by atoms with Crippen molar-refractivity contribution in [3.63, 3.8) is 0 Å². The Bertz CT molecular complexity index is 1410. The fraction of sp³-hybridized carbons (Fsp3) is 0.464. The van der Waals surface area contributed by atoms with Crippen molar-refractivity contribution in [2.75, 3.05) is 17.3 Å². The van der Waals surface area contributed by atoms with Crippen molar-refractivity contribution >= 4 is 67.6 Å². The summed E-state index contributed by atoms with van der Waals surface area (Å²) in [6, 6.07) is 6.69. The lowest BCUT2D eigenvalue weighted by Gasteiger charge is -2.39. The van der Waals surface area contributed by atoms with Gasteiger partial charge in [0.25, 0.3) is 0 Å². The smallest absolute Gasteiger partial charge is 0.410 e. The quantitative estimate of drug-likeness (QED) is 0.205. The van der Waals surface area contributed by atoms with E-state index in [1.165, 1.54) is 18.5 Å². The number of rotatable bonds is 7. The minimum atomic E-state index is -0.679. The van der Waals surface area contributed by atoms with Crippen LogP contribution in [0.3, 0.4) is 0 Å². The lowest BCUT2D eigenvalue weighted by Crippen LogP contribution is -2.50. The van der Waals surface area contributed by atoms with Crippen molar-refractivity contribution in [2.24, 2.45) is 0 Å². The summed E-state index contributed by atoms with van der Waals surface area (Å²) in [6.07, 6.45) is 4.16. The molecule has 1 N–H and O–H groups in total. The maximum atomic E-state index is 14.8. The van der Waals surface area contributed by atoms with Crippen LogP contribution >= 0.6 is 39.1 Å². The van der Waals surface area contributed by atoms with Crippen LogP contribution < -0.4 is 14.8 Å².